The average molecular weight is 396 g/mol. The second-order valence-electron chi connectivity index (χ2n) is 4.31. The lowest BCUT2D eigenvalue weighted by Gasteiger charge is -2.12. The van der Waals surface area contributed by atoms with Gasteiger partial charge in [0.05, 0.1) is 16.8 Å². The summed E-state index contributed by atoms with van der Waals surface area (Å²) in [7, 11) is -3.55. The first-order chi connectivity index (χ1) is 10.8. The molecule has 0 saturated heterocycles. The third-order valence-corrected chi connectivity index (χ3v) is 4.16. The molecule has 0 fully saturated rings. The Kier molecular flexibility index (Phi) is 4.57. The van der Waals surface area contributed by atoms with Gasteiger partial charge in [-0.3, -0.25) is 0 Å². The lowest BCUT2D eigenvalue weighted by Crippen LogP contribution is -2.17. The summed E-state index contributed by atoms with van der Waals surface area (Å²) in [5.41, 5.74) is -2.00. The van der Waals surface area contributed by atoms with Crippen molar-refractivity contribution >= 4 is 28.2 Å². The Labute approximate surface area is 136 Å². The summed E-state index contributed by atoms with van der Waals surface area (Å²) >= 11 is 5.57. The Morgan fingerprint density at radius 3 is 2.21 bits per heavy atom. The predicted octanol–water partition coefficient (Wildman–Crippen LogP) is 3.89. The smallest absolute Gasteiger partial charge is 0.383 e. The molecule has 1 aromatic carbocycles. The van der Waals surface area contributed by atoms with Crippen LogP contribution in [0.15, 0.2) is 23.2 Å². The van der Waals surface area contributed by atoms with Crippen molar-refractivity contribution in [2.24, 2.45) is 0 Å². The van der Waals surface area contributed by atoms with Gasteiger partial charge in [0.1, 0.15) is 16.4 Å². The van der Waals surface area contributed by atoms with E-state index in [4.69, 9.17) is 17.3 Å². The highest BCUT2D eigenvalue weighted by molar-refractivity contribution is 7.86. The number of nitrogens with two attached hydrogens (primary N) is 1. The number of hydrogen-bond donors (Lipinski definition) is 1. The zero-order chi connectivity index (χ0) is 18.4. The summed E-state index contributed by atoms with van der Waals surface area (Å²) in [5.74, 6) is -2.39. The van der Waals surface area contributed by atoms with Gasteiger partial charge in [-0.2, -0.15) is 31.4 Å². The van der Waals surface area contributed by atoms with E-state index in [1.165, 1.54) is 0 Å². The first kappa shape index (κ1) is 18.5. The first-order valence-electron chi connectivity index (χ1n) is 5.72. The molecule has 4 nitrogen and oxygen atoms in total. The third-order valence-electron chi connectivity index (χ3n) is 2.74. The van der Waals surface area contributed by atoms with Gasteiger partial charge in [-0.15, -0.1) is 0 Å². The summed E-state index contributed by atoms with van der Waals surface area (Å²) < 4.78 is 101. The molecule has 2 N–H and O–H groups in total. The molecule has 1 atom stereocenters. The van der Waals surface area contributed by atoms with Gasteiger partial charge in [0.15, 0.2) is 16.6 Å². The molecule has 1 aromatic heterocycles. The summed E-state index contributed by atoms with van der Waals surface area (Å²) in [5, 5.41) is 2.54. The van der Waals surface area contributed by atoms with Crippen molar-refractivity contribution in [1.82, 2.24) is 9.78 Å². The molecule has 2 aromatic rings. The van der Waals surface area contributed by atoms with Gasteiger partial charge in [-0.1, -0.05) is 11.6 Å². The molecule has 0 bridgehead atoms. The minimum atomic E-state index is -5.15. The van der Waals surface area contributed by atoms with Crippen LogP contribution in [0.4, 0.5) is 36.6 Å². The lowest BCUT2D eigenvalue weighted by atomic mass is 10.2. The number of alkyl halides is 6. The highest BCUT2D eigenvalue weighted by atomic mass is 35.5. The highest BCUT2D eigenvalue weighted by Crippen LogP contribution is 2.37. The fraction of sp³-hybridized carbons (Fsp3) is 0.182. The van der Waals surface area contributed by atoms with Crippen molar-refractivity contribution < 1.29 is 34.9 Å². The minimum Gasteiger partial charge on any atom is -0.383 e. The van der Waals surface area contributed by atoms with Gasteiger partial charge in [0, 0.05) is 0 Å². The van der Waals surface area contributed by atoms with E-state index in [2.05, 4.69) is 5.10 Å². The SMILES string of the molecule is Nc1c(S(=O)C(F)(F)F)cnn1-c1c(F)cc(C(F)(F)F)cc1Cl. The Hall–Kier alpha value is -1.82. The van der Waals surface area contributed by atoms with Gasteiger partial charge in [0.25, 0.3) is 0 Å². The molecule has 1 unspecified atom stereocenters. The second kappa shape index (κ2) is 5.92. The molecule has 0 amide bonds. The van der Waals surface area contributed by atoms with Gasteiger partial charge in [-0.05, 0) is 12.1 Å². The molecule has 0 saturated carbocycles. The van der Waals surface area contributed by atoms with E-state index in [1.807, 2.05) is 0 Å². The highest BCUT2D eigenvalue weighted by Gasteiger charge is 2.40. The Bertz CT molecular complexity index is 792. The van der Waals surface area contributed by atoms with Gasteiger partial charge < -0.3 is 5.73 Å². The van der Waals surface area contributed by atoms with E-state index in [9.17, 15) is 34.9 Å². The molecule has 0 aliphatic heterocycles. The van der Waals surface area contributed by atoms with E-state index in [1.54, 1.807) is 0 Å². The fourth-order valence-corrected chi connectivity index (χ4v) is 2.68. The third kappa shape index (κ3) is 3.34. The predicted molar refractivity (Wildman–Crippen MR) is 70.4 cm³/mol. The van der Waals surface area contributed by atoms with Crippen LogP contribution < -0.4 is 5.73 Å². The number of benzene rings is 1. The van der Waals surface area contributed by atoms with Crippen molar-refractivity contribution in [3.05, 3.63) is 34.7 Å². The summed E-state index contributed by atoms with van der Waals surface area (Å²) in [4.78, 5) is -0.974. The minimum absolute atomic E-state index is 0.0860. The largest absolute Gasteiger partial charge is 0.476 e. The maximum absolute atomic E-state index is 14.0. The summed E-state index contributed by atoms with van der Waals surface area (Å²) in [6, 6.07) is 0.449. The van der Waals surface area contributed by atoms with Crippen LogP contribution in [0.5, 0.6) is 0 Å². The maximum Gasteiger partial charge on any atom is 0.476 e. The number of nitrogen functional groups attached to an aromatic ring is 1. The van der Waals surface area contributed by atoms with Crippen LogP contribution in [0.1, 0.15) is 5.56 Å². The van der Waals surface area contributed by atoms with Gasteiger partial charge in [-0.25, -0.2) is 13.3 Å². The number of halogens is 8. The molecule has 0 aliphatic rings. The molecular weight excluding hydrogens is 391 g/mol. The number of rotatable bonds is 2. The molecule has 0 radical (unpaired) electrons. The zero-order valence-electron chi connectivity index (χ0n) is 11.0. The van der Waals surface area contributed by atoms with Gasteiger partial charge in [0.2, 0.25) is 0 Å². The van der Waals surface area contributed by atoms with E-state index in [-0.39, 0.29) is 6.07 Å². The second-order valence-corrected chi connectivity index (χ2v) is 6.15. The van der Waals surface area contributed by atoms with Crippen LogP contribution in [0.2, 0.25) is 5.02 Å². The van der Waals surface area contributed by atoms with Crippen molar-refractivity contribution in [2.45, 2.75) is 16.6 Å². The number of hydrogen-bond acceptors (Lipinski definition) is 3. The summed E-state index contributed by atoms with van der Waals surface area (Å²) in [6.45, 7) is 0. The standard InChI is InChI=1S/C11H5ClF7N3OS/c12-5-1-4(10(14,15)16)2-6(13)8(5)22-9(20)7(3-21-22)24(23)11(17,18)19/h1-3H,20H2. The van der Waals surface area contributed by atoms with Crippen molar-refractivity contribution in [1.29, 1.82) is 0 Å². The Morgan fingerprint density at radius 2 is 1.75 bits per heavy atom. The molecule has 0 spiro atoms. The van der Waals surface area contributed by atoms with Crippen LogP contribution >= 0.6 is 11.6 Å². The first-order valence-corrected chi connectivity index (χ1v) is 7.25. The van der Waals surface area contributed by atoms with Crippen LogP contribution in [-0.4, -0.2) is 19.5 Å². The monoisotopic (exact) mass is 395 g/mol. The number of anilines is 1. The van der Waals surface area contributed by atoms with E-state index in [0.717, 1.165) is 0 Å². The molecule has 13 heteroatoms. The van der Waals surface area contributed by atoms with Crippen LogP contribution in [0.25, 0.3) is 5.69 Å². The quantitative estimate of drug-likeness (QED) is 0.785. The topological polar surface area (TPSA) is 60.9 Å². The van der Waals surface area contributed by atoms with Crippen molar-refractivity contribution in [3.8, 4) is 5.69 Å². The van der Waals surface area contributed by atoms with E-state index in [0.29, 0.717) is 16.9 Å². The van der Waals surface area contributed by atoms with Crippen LogP contribution in [0.3, 0.4) is 0 Å². The Balaban J connectivity index is 2.59. The van der Waals surface area contributed by atoms with Crippen LogP contribution in [0, 0.1) is 5.82 Å². The lowest BCUT2D eigenvalue weighted by molar-refractivity contribution is -0.137. The molecule has 132 valence electrons. The van der Waals surface area contributed by atoms with Crippen molar-refractivity contribution in [3.63, 3.8) is 0 Å². The number of nitrogens with zero attached hydrogens (tertiary/aromatic N) is 2. The molecule has 1 heterocycles. The van der Waals surface area contributed by atoms with Crippen molar-refractivity contribution in [2.75, 3.05) is 5.73 Å². The van der Waals surface area contributed by atoms with E-state index >= 15 is 0 Å². The zero-order valence-corrected chi connectivity index (χ0v) is 12.6. The molecule has 2 rings (SSSR count). The van der Waals surface area contributed by atoms with E-state index < -0.39 is 55.3 Å². The van der Waals surface area contributed by atoms with Crippen LogP contribution in [-0.2, 0) is 17.0 Å². The van der Waals surface area contributed by atoms with Gasteiger partial charge >= 0.3 is 11.7 Å². The maximum atomic E-state index is 14.0. The number of aromatic nitrogens is 2. The summed E-state index contributed by atoms with van der Waals surface area (Å²) in [6.07, 6.45) is -4.42. The average Bonchev–Trinajstić information content (AvgIpc) is 2.77. The molecule has 24 heavy (non-hydrogen) atoms. The molecule has 0 aliphatic carbocycles. The fourth-order valence-electron chi connectivity index (χ4n) is 1.72. The molecular formula is C11H5ClF7N3OS. The Morgan fingerprint density at radius 1 is 1.17 bits per heavy atom. The normalized spacial score (nSPS) is 14.0.